The predicted molar refractivity (Wildman–Crippen MR) is 89.7 cm³/mol. The summed E-state index contributed by atoms with van der Waals surface area (Å²) in [6, 6.07) is 2.21. The zero-order chi connectivity index (χ0) is 17.1. The number of hydrogen-bond acceptors (Lipinski definition) is 4. The van der Waals surface area contributed by atoms with Crippen molar-refractivity contribution in [3.05, 3.63) is 27.4 Å². The van der Waals surface area contributed by atoms with Gasteiger partial charge in [0.1, 0.15) is 5.69 Å². The molecule has 1 aromatic rings. The van der Waals surface area contributed by atoms with Crippen molar-refractivity contribution in [1.29, 1.82) is 0 Å². The van der Waals surface area contributed by atoms with Gasteiger partial charge in [-0.2, -0.15) is 3.71 Å². The molecule has 0 N–H and O–H groups in total. The lowest BCUT2D eigenvalue weighted by molar-refractivity contribution is 0.577. The van der Waals surface area contributed by atoms with Crippen LogP contribution >= 0.6 is 27.5 Å². The van der Waals surface area contributed by atoms with Crippen LogP contribution in [0.2, 0.25) is 5.02 Å². The molecule has 5 nitrogen and oxygen atoms in total. The lowest BCUT2D eigenvalue weighted by atomic mass is 10.3. The number of sulfonamides is 2. The fraction of sp³-hybridized carbons (Fsp3) is 0.500. The first-order chi connectivity index (χ1) is 10.1. The Hall–Kier alpha value is -0.380. The summed E-state index contributed by atoms with van der Waals surface area (Å²) in [5, 5.41) is 0.0201. The van der Waals surface area contributed by atoms with Crippen molar-refractivity contribution in [2.45, 2.75) is 26.7 Å². The molecule has 126 valence electrons. The van der Waals surface area contributed by atoms with E-state index in [0.717, 1.165) is 6.07 Å². The Bertz CT molecular complexity index is 717. The summed E-state index contributed by atoms with van der Waals surface area (Å²) in [5.41, 5.74) is -0.596. The van der Waals surface area contributed by atoms with Crippen LogP contribution < -0.4 is 3.71 Å². The van der Waals surface area contributed by atoms with E-state index in [4.69, 9.17) is 11.6 Å². The molecule has 1 aromatic carbocycles. The number of benzene rings is 1. The second-order valence-electron chi connectivity index (χ2n) is 4.55. The first-order valence-corrected chi connectivity index (χ1v) is 10.9. The van der Waals surface area contributed by atoms with Crippen LogP contribution in [-0.2, 0) is 20.0 Å². The van der Waals surface area contributed by atoms with E-state index < -0.39 is 43.1 Å². The van der Waals surface area contributed by atoms with Crippen molar-refractivity contribution in [2.75, 3.05) is 15.2 Å². The number of hydrogen-bond donors (Lipinski definition) is 0. The minimum Gasteiger partial charge on any atom is -0.205 e. The van der Waals surface area contributed by atoms with E-state index in [-0.39, 0.29) is 26.0 Å². The SMILES string of the molecule is CCCS(=O)(=O)N(c1cc(Cl)cc(Br)c1F)S(=O)(=O)CCC. The Balaban J connectivity index is 3.67. The topological polar surface area (TPSA) is 71.5 Å². The summed E-state index contributed by atoms with van der Waals surface area (Å²) in [7, 11) is -8.47. The van der Waals surface area contributed by atoms with E-state index in [1.165, 1.54) is 6.07 Å². The highest BCUT2D eigenvalue weighted by atomic mass is 79.9. The monoisotopic (exact) mass is 435 g/mol. The van der Waals surface area contributed by atoms with E-state index in [1.54, 1.807) is 13.8 Å². The van der Waals surface area contributed by atoms with Gasteiger partial charge in [-0.3, -0.25) is 0 Å². The van der Waals surface area contributed by atoms with Crippen molar-refractivity contribution >= 4 is 53.3 Å². The van der Waals surface area contributed by atoms with E-state index >= 15 is 0 Å². The van der Waals surface area contributed by atoms with E-state index in [2.05, 4.69) is 15.9 Å². The largest absolute Gasteiger partial charge is 0.248 e. The highest BCUT2D eigenvalue weighted by molar-refractivity contribution is 9.10. The van der Waals surface area contributed by atoms with Crippen LogP contribution in [-0.4, -0.2) is 28.3 Å². The first-order valence-electron chi connectivity index (χ1n) is 6.47. The molecule has 22 heavy (non-hydrogen) atoms. The Morgan fingerprint density at radius 1 is 1.09 bits per heavy atom. The first kappa shape index (κ1) is 19.7. The van der Waals surface area contributed by atoms with Gasteiger partial charge in [-0.1, -0.05) is 25.4 Å². The Kier molecular flexibility index (Phi) is 6.67. The zero-order valence-electron chi connectivity index (χ0n) is 12.0. The number of rotatable bonds is 7. The second-order valence-corrected chi connectivity index (χ2v) is 9.95. The van der Waals surface area contributed by atoms with Gasteiger partial charge in [0.25, 0.3) is 0 Å². The Morgan fingerprint density at radius 3 is 1.95 bits per heavy atom. The maximum atomic E-state index is 14.3. The average molecular weight is 437 g/mol. The maximum absolute atomic E-state index is 14.3. The summed E-state index contributed by atoms with van der Waals surface area (Å²) in [5.74, 6) is -1.83. The molecular weight excluding hydrogens is 421 g/mol. The molecule has 0 aliphatic carbocycles. The van der Waals surface area contributed by atoms with Crippen molar-refractivity contribution in [3.63, 3.8) is 0 Å². The Labute approximate surface area is 143 Å². The molecule has 1 rings (SSSR count). The fourth-order valence-corrected chi connectivity index (χ4v) is 6.68. The molecule has 0 aliphatic heterocycles. The van der Waals surface area contributed by atoms with Crippen LogP contribution in [0.3, 0.4) is 0 Å². The van der Waals surface area contributed by atoms with Crippen molar-refractivity contribution in [2.24, 2.45) is 0 Å². The predicted octanol–water partition coefficient (Wildman–Crippen LogP) is 3.53. The van der Waals surface area contributed by atoms with Crippen LogP contribution in [0.25, 0.3) is 0 Å². The van der Waals surface area contributed by atoms with Gasteiger partial charge in [0.15, 0.2) is 5.82 Å². The number of nitrogens with zero attached hydrogens (tertiary/aromatic N) is 1. The third kappa shape index (κ3) is 4.33. The average Bonchev–Trinajstić information content (AvgIpc) is 2.34. The summed E-state index contributed by atoms with van der Waals surface area (Å²) >= 11 is 8.71. The normalized spacial score (nSPS) is 12.4. The molecule has 0 spiro atoms. The third-order valence-corrected chi connectivity index (χ3v) is 8.01. The van der Waals surface area contributed by atoms with Crippen molar-refractivity contribution in [1.82, 2.24) is 0 Å². The third-order valence-electron chi connectivity index (χ3n) is 2.60. The summed E-state index contributed by atoms with van der Waals surface area (Å²) in [6.45, 7) is 3.18. The number of anilines is 1. The van der Waals surface area contributed by atoms with E-state index in [0.29, 0.717) is 0 Å². The van der Waals surface area contributed by atoms with Crippen LogP contribution in [0.15, 0.2) is 16.6 Å². The molecule has 0 aromatic heterocycles. The van der Waals surface area contributed by atoms with Crippen LogP contribution in [0.4, 0.5) is 10.1 Å². The quantitative estimate of drug-likeness (QED) is 0.613. The lowest BCUT2D eigenvalue weighted by Gasteiger charge is -2.24. The molecule has 0 aliphatic rings. The van der Waals surface area contributed by atoms with Gasteiger partial charge in [0, 0.05) is 5.02 Å². The summed E-state index contributed by atoms with van der Waals surface area (Å²) in [4.78, 5) is 0. The standard InChI is InChI=1S/C12H16BrClFNO4S2/c1-3-5-21(17,18)16(22(19,20)6-4-2)11-8-9(14)7-10(13)12(11)15/h7-8H,3-6H2,1-2H3. The van der Waals surface area contributed by atoms with Crippen LogP contribution in [0.1, 0.15) is 26.7 Å². The van der Waals surface area contributed by atoms with E-state index in [1.807, 2.05) is 0 Å². The van der Waals surface area contributed by atoms with Gasteiger partial charge >= 0.3 is 0 Å². The zero-order valence-corrected chi connectivity index (χ0v) is 16.0. The Morgan fingerprint density at radius 2 is 1.55 bits per heavy atom. The van der Waals surface area contributed by atoms with Crippen molar-refractivity contribution in [3.8, 4) is 0 Å². The molecule has 0 saturated carbocycles. The van der Waals surface area contributed by atoms with Gasteiger partial charge in [-0.25, -0.2) is 21.2 Å². The minimum atomic E-state index is -4.24. The molecule has 0 atom stereocenters. The fourth-order valence-electron chi connectivity index (χ4n) is 1.83. The molecule has 0 heterocycles. The molecule has 10 heteroatoms. The van der Waals surface area contributed by atoms with Crippen LogP contribution in [0.5, 0.6) is 0 Å². The van der Waals surface area contributed by atoms with Gasteiger partial charge < -0.3 is 0 Å². The maximum Gasteiger partial charge on any atom is 0.248 e. The molecule has 0 bridgehead atoms. The summed E-state index contributed by atoms with van der Waals surface area (Å²) < 4.78 is 63.7. The van der Waals surface area contributed by atoms with Crippen molar-refractivity contribution < 1.29 is 21.2 Å². The molecule has 0 amide bonds. The van der Waals surface area contributed by atoms with Gasteiger partial charge in [-0.15, -0.1) is 0 Å². The van der Waals surface area contributed by atoms with Crippen LogP contribution in [0, 0.1) is 5.82 Å². The number of halogens is 3. The molecule has 0 fully saturated rings. The molecule has 0 saturated heterocycles. The highest BCUT2D eigenvalue weighted by Gasteiger charge is 2.35. The van der Waals surface area contributed by atoms with Gasteiger partial charge in [0.2, 0.25) is 20.0 Å². The molecule has 0 unspecified atom stereocenters. The van der Waals surface area contributed by atoms with Gasteiger partial charge in [-0.05, 0) is 40.9 Å². The minimum absolute atomic E-state index is 0.0201. The van der Waals surface area contributed by atoms with E-state index in [9.17, 15) is 21.2 Å². The molecule has 0 radical (unpaired) electrons. The van der Waals surface area contributed by atoms with Gasteiger partial charge in [0.05, 0.1) is 16.0 Å². The highest BCUT2D eigenvalue weighted by Crippen LogP contribution is 2.34. The summed E-state index contributed by atoms with van der Waals surface area (Å²) in [6.07, 6.45) is 0.396. The lowest BCUT2D eigenvalue weighted by Crippen LogP contribution is -2.40. The smallest absolute Gasteiger partial charge is 0.205 e. The molecular formula is C12H16BrClFNO4S2. The second kappa shape index (κ2) is 7.46.